The van der Waals surface area contributed by atoms with Gasteiger partial charge in [0.15, 0.2) is 11.5 Å². The average Bonchev–Trinajstić information content (AvgIpc) is 2.69. The summed E-state index contributed by atoms with van der Waals surface area (Å²) in [6, 6.07) is 12.4. The number of nitrogens with zero attached hydrogens (tertiary/aromatic N) is 1. The van der Waals surface area contributed by atoms with E-state index in [4.69, 9.17) is 25.8 Å². The summed E-state index contributed by atoms with van der Waals surface area (Å²) in [5, 5.41) is 0.647. The zero-order chi connectivity index (χ0) is 17.9. The number of methoxy groups -OCH3 is 1. The van der Waals surface area contributed by atoms with Crippen LogP contribution in [0.25, 0.3) is 0 Å². The molecule has 1 fully saturated rings. The first-order valence-corrected chi connectivity index (χ1v) is 9.41. The lowest BCUT2D eigenvalue weighted by Gasteiger charge is -2.34. The van der Waals surface area contributed by atoms with Gasteiger partial charge in [0.25, 0.3) is 0 Å². The third-order valence-electron chi connectivity index (χ3n) is 5.02. The van der Waals surface area contributed by atoms with Gasteiger partial charge in [-0.25, -0.2) is 0 Å². The van der Waals surface area contributed by atoms with E-state index >= 15 is 0 Å². The fourth-order valence-corrected chi connectivity index (χ4v) is 3.89. The van der Waals surface area contributed by atoms with Crippen molar-refractivity contribution in [3.8, 4) is 17.2 Å². The number of fused-ring (bicyclic) bond motifs is 1. The summed E-state index contributed by atoms with van der Waals surface area (Å²) >= 11 is 6.36. The van der Waals surface area contributed by atoms with Gasteiger partial charge in [-0.15, -0.1) is 0 Å². The Kier molecular flexibility index (Phi) is 5.09. The van der Waals surface area contributed by atoms with E-state index < -0.39 is 0 Å². The highest BCUT2D eigenvalue weighted by atomic mass is 35.5. The Hall–Kier alpha value is -2.11. The summed E-state index contributed by atoms with van der Waals surface area (Å²) in [6.07, 6.45) is 0. The molecule has 0 saturated carbocycles. The van der Waals surface area contributed by atoms with E-state index in [1.54, 1.807) is 12.0 Å². The van der Waals surface area contributed by atoms with Crippen molar-refractivity contribution in [3.05, 3.63) is 47.0 Å². The lowest BCUT2D eigenvalue weighted by Crippen LogP contribution is -3.13. The maximum atomic E-state index is 6.36. The van der Waals surface area contributed by atoms with E-state index in [2.05, 4.69) is 23.1 Å². The van der Waals surface area contributed by atoms with Gasteiger partial charge in [-0.3, -0.25) is 0 Å². The van der Waals surface area contributed by atoms with Crippen molar-refractivity contribution < 1.29 is 19.1 Å². The van der Waals surface area contributed by atoms with Crippen molar-refractivity contribution in [2.45, 2.75) is 6.54 Å². The molecule has 2 heterocycles. The Balaban J connectivity index is 1.37. The molecule has 0 aromatic heterocycles. The Labute approximate surface area is 159 Å². The van der Waals surface area contributed by atoms with Gasteiger partial charge in [0.05, 0.1) is 38.3 Å². The van der Waals surface area contributed by atoms with E-state index in [-0.39, 0.29) is 0 Å². The Bertz CT molecular complexity index is 758. The zero-order valence-corrected chi connectivity index (χ0v) is 15.7. The summed E-state index contributed by atoms with van der Waals surface area (Å²) in [7, 11) is 1.70. The van der Waals surface area contributed by atoms with E-state index in [1.807, 2.05) is 18.2 Å². The van der Waals surface area contributed by atoms with Gasteiger partial charge in [0.2, 0.25) is 0 Å². The second-order valence-electron chi connectivity index (χ2n) is 6.71. The molecule has 6 heteroatoms. The SMILES string of the molecule is COc1ccc(N2CC[NH+](Cc3cc(Cl)c4c(c3)OCCO4)CC2)cc1. The monoisotopic (exact) mass is 375 g/mol. The third-order valence-corrected chi connectivity index (χ3v) is 5.30. The summed E-state index contributed by atoms with van der Waals surface area (Å²) in [4.78, 5) is 3.99. The van der Waals surface area contributed by atoms with Gasteiger partial charge in [0.1, 0.15) is 25.5 Å². The minimum Gasteiger partial charge on any atom is -0.497 e. The second kappa shape index (κ2) is 7.64. The lowest BCUT2D eigenvalue weighted by molar-refractivity contribution is -0.914. The molecule has 0 amide bonds. The lowest BCUT2D eigenvalue weighted by atomic mass is 10.1. The molecule has 0 unspecified atom stereocenters. The minimum absolute atomic E-state index is 0.560. The Morgan fingerprint density at radius 3 is 2.54 bits per heavy atom. The van der Waals surface area contributed by atoms with Crippen LogP contribution in [0.3, 0.4) is 0 Å². The van der Waals surface area contributed by atoms with Gasteiger partial charge in [-0.1, -0.05) is 11.6 Å². The molecule has 0 radical (unpaired) electrons. The van der Waals surface area contributed by atoms with Crippen molar-refractivity contribution in [1.29, 1.82) is 0 Å². The first kappa shape index (κ1) is 17.3. The van der Waals surface area contributed by atoms with E-state index in [9.17, 15) is 0 Å². The van der Waals surface area contributed by atoms with Gasteiger partial charge >= 0.3 is 0 Å². The number of benzene rings is 2. The molecule has 1 N–H and O–H groups in total. The summed E-state index contributed by atoms with van der Waals surface area (Å²) in [6.45, 7) is 6.37. The Morgan fingerprint density at radius 2 is 1.81 bits per heavy atom. The maximum absolute atomic E-state index is 6.36. The highest BCUT2D eigenvalue weighted by Crippen LogP contribution is 2.38. The molecule has 2 aliphatic heterocycles. The number of hydrogen-bond acceptors (Lipinski definition) is 4. The van der Waals surface area contributed by atoms with Gasteiger partial charge in [-0.2, -0.15) is 0 Å². The fourth-order valence-electron chi connectivity index (χ4n) is 3.61. The number of halogens is 1. The highest BCUT2D eigenvalue weighted by molar-refractivity contribution is 6.32. The van der Waals surface area contributed by atoms with Gasteiger partial charge in [0, 0.05) is 11.3 Å². The minimum atomic E-state index is 0.560. The first-order valence-electron chi connectivity index (χ1n) is 9.03. The van der Waals surface area contributed by atoms with Crippen LogP contribution >= 0.6 is 11.6 Å². The summed E-state index contributed by atoms with van der Waals surface area (Å²) < 4.78 is 16.5. The zero-order valence-electron chi connectivity index (χ0n) is 15.0. The molecule has 2 aromatic carbocycles. The molecule has 4 rings (SSSR count). The van der Waals surface area contributed by atoms with Gasteiger partial charge < -0.3 is 24.0 Å². The smallest absolute Gasteiger partial charge is 0.179 e. The van der Waals surface area contributed by atoms with Crippen LogP contribution in [0.4, 0.5) is 5.69 Å². The molecule has 0 spiro atoms. The van der Waals surface area contributed by atoms with Crippen LogP contribution in [-0.4, -0.2) is 46.5 Å². The highest BCUT2D eigenvalue weighted by Gasteiger charge is 2.22. The topological polar surface area (TPSA) is 35.4 Å². The molecule has 0 atom stereocenters. The average molecular weight is 376 g/mol. The maximum Gasteiger partial charge on any atom is 0.179 e. The van der Waals surface area contributed by atoms with Crippen LogP contribution in [0.2, 0.25) is 5.02 Å². The molecule has 0 bridgehead atoms. The van der Waals surface area contributed by atoms with Crippen LogP contribution in [0, 0.1) is 0 Å². The molecule has 26 heavy (non-hydrogen) atoms. The largest absolute Gasteiger partial charge is 0.497 e. The van der Waals surface area contributed by atoms with Crippen LogP contribution in [0.5, 0.6) is 17.2 Å². The van der Waals surface area contributed by atoms with E-state index in [0.717, 1.165) is 44.2 Å². The first-order chi connectivity index (χ1) is 12.7. The molecule has 2 aliphatic rings. The van der Waals surface area contributed by atoms with E-state index in [1.165, 1.54) is 11.3 Å². The van der Waals surface area contributed by atoms with Crippen molar-refractivity contribution >= 4 is 17.3 Å². The quantitative estimate of drug-likeness (QED) is 0.887. The van der Waals surface area contributed by atoms with Crippen LogP contribution < -0.4 is 24.0 Å². The third kappa shape index (κ3) is 3.69. The molecule has 0 aliphatic carbocycles. The molecule has 1 saturated heterocycles. The molecule has 2 aromatic rings. The van der Waals surface area contributed by atoms with Gasteiger partial charge in [-0.05, 0) is 36.4 Å². The number of hydrogen-bond donors (Lipinski definition) is 1. The fraction of sp³-hybridized carbons (Fsp3) is 0.400. The second-order valence-corrected chi connectivity index (χ2v) is 7.12. The van der Waals surface area contributed by atoms with Crippen molar-refractivity contribution in [3.63, 3.8) is 0 Å². The Morgan fingerprint density at radius 1 is 1.08 bits per heavy atom. The number of piperazine rings is 1. The number of anilines is 1. The van der Waals surface area contributed by atoms with Crippen molar-refractivity contribution in [1.82, 2.24) is 0 Å². The van der Waals surface area contributed by atoms with Crippen molar-refractivity contribution in [2.75, 3.05) is 51.4 Å². The summed E-state index contributed by atoms with van der Waals surface area (Å²) in [5.74, 6) is 2.35. The number of nitrogens with one attached hydrogen (secondary N) is 1. The molecular weight excluding hydrogens is 352 g/mol. The molecule has 5 nitrogen and oxygen atoms in total. The number of rotatable bonds is 4. The normalized spacial score (nSPS) is 17.2. The predicted molar refractivity (Wildman–Crippen MR) is 102 cm³/mol. The molecular formula is C20H24ClN2O3+. The van der Waals surface area contributed by atoms with Crippen LogP contribution in [0.1, 0.15) is 5.56 Å². The standard InChI is InChI=1S/C20H23ClN2O3/c1-24-17-4-2-16(3-5-17)23-8-6-22(7-9-23)14-15-12-18(21)20-19(13-15)25-10-11-26-20/h2-5,12-13H,6-11,14H2,1H3/p+1. The summed E-state index contributed by atoms with van der Waals surface area (Å²) in [5.41, 5.74) is 2.46. The van der Waals surface area contributed by atoms with Crippen molar-refractivity contribution in [2.24, 2.45) is 0 Å². The number of ether oxygens (including phenoxy) is 3. The van der Waals surface area contributed by atoms with Crippen LogP contribution in [0.15, 0.2) is 36.4 Å². The van der Waals surface area contributed by atoms with Crippen LogP contribution in [-0.2, 0) is 6.54 Å². The number of quaternary nitrogens is 1. The van der Waals surface area contributed by atoms with E-state index in [0.29, 0.717) is 24.0 Å². The molecule has 138 valence electrons. The predicted octanol–water partition coefficient (Wildman–Crippen LogP) is 2.02.